The van der Waals surface area contributed by atoms with Crippen molar-refractivity contribution >= 4 is 33.7 Å². The minimum Gasteiger partial charge on any atom is -0.481 e. The lowest BCUT2D eigenvalue weighted by molar-refractivity contribution is -0.139. The molecule has 3 N–H and O–H groups in total. The summed E-state index contributed by atoms with van der Waals surface area (Å²) in [7, 11) is 0. The second kappa shape index (κ2) is 8.14. The molecule has 0 unspecified atom stereocenters. The van der Waals surface area contributed by atoms with Crippen LogP contribution in [0.3, 0.4) is 0 Å². The third-order valence-corrected chi connectivity index (χ3v) is 5.40. The Bertz CT molecular complexity index is 1300. The number of carboxylic acids is 1. The van der Waals surface area contributed by atoms with E-state index in [1.165, 1.54) is 16.7 Å². The molecule has 158 valence electrons. The van der Waals surface area contributed by atoms with Crippen LogP contribution in [0.2, 0.25) is 0 Å². The van der Waals surface area contributed by atoms with Crippen LogP contribution in [-0.2, 0) is 17.8 Å². The summed E-state index contributed by atoms with van der Waals surface area (Å²) in [5.41, 5.74) is 11.5. The number of primary amides is 1. The van der Waals surface area contributed by atoms with Crippen molar-refractivity contribution in [3.05, 3.63) is 76.9 Å². The quantitative estimate of drug-likeness (QED) is 0.472. The van der Waals surface area contributed by atoms with Crippen molar-refractivity contribution in [2.45, 2.75) is 26.8 Å². The van der Waals surface area contributed by atoms with E-state index >= 15 is 0 Å². The summed E-state index contributed by atoms with van der Waals surface area (Å²) in [6.45, 7) is 4.39. The monoisotopic (exact) mass is 416 g/mol. The highest BCUT2D eigenvalue weighted by atomic mass is 16.5. The molecule has 0 spiro atoms. The zero-order valence-electron chi connectivity index (χ0n) is 17.5. The molecule has 1 heterocycles. The molecule has 0 fully saturated rings. The molecule has 4 rings (SSSR count). The average Bonchev–Trinajstić information content (AvgIpc) is 3.04. The third kappa shape index (κ3) is 3.97. The predicted molar refractivity (Wildman–Crippen MR) is 121 cm³/mol. The van der Waals surface area contributed by atoms with Crippen LogP contribution in [0, 0.1) is 13.8 Å². The topological polar surface area (TPSA) is 94.6 Å². The summed E-state index contributed by atoms with van der Waals surface area (Å²) in [5, 5.41) is 10.4. The number of carboxylic acid groups (broad SMARTS) is 1. The van der Waals surface area contributed by atoms with Crippen LogP contribution in [-0.4, -0.2) is 28.2 Å². The van der Waals surface area contributed by atoms with Crippen molar-refractivity contribution in [3.63, 3.8) is 0 Å². The summed E-state index contributed by atoms with van der Waals surface area (Å²) < 4.78 is 7.71. The summed E-state index contributed by atoms with van der Waals surface area (Å²) in [6, 6.07) is 17.5. The number of nitrogens with zero attached hydrogens (tertiary/aromatic N) is 1. The van der Waals surface area contributed by atoms with Crippen LogP contribution in [0.15, 0.2) is 54.6 Å². The molecule has 3 aromatic carbocycles. The molecule has 0 saturated carbocycles. The molecule has 31 heavy (non-hydrogen) atoms. The van der Waals surface area contributed by atoms with Gasteiger partial charge in [0.1, 0.15) is 5.75 Å². The number of benzene rings is 3. The molecular weight excluding hydrogens is 392 g/mol. The Morgan fingerprint density at radius 1 is 0.968 bits per heavy atom. The van der Waals surface area contributed by atoms with Gasteiger partial charge in [0.2, 0.25) is 5.91 Å². The molecule has 6 nitrogen and oxygen atoms in total. The fraction of sp³-hybridized carbons (Fsp3) is 0.200. The van der Waals surface area contributed by atoms with Gasteiger partial charge < -0.3 is 20.1 Å². The van der Waals surface area contributed by atoms with E-state index in [2.05, 4.69) is 36.6 Å². The van der Waals surface area contributed by atoms with E-state index in [1.807, 2.05) is 24.3 Å². The van der Waals surface area contributed by atoms with Gasteiger partial charge in [-0.3, -0.25) is 4.79 Å². The predicted octanol–water partition coefficient (Wildman–Crippen LogP) is 4.22. The third-order valence-electron chi connectivity index (χ3n) is 5.40. The van der Waals surface area contributed by atoms with Gasteiger partial charge in [-0.2, -0.15) is 0 Å². The van der Waals surface area contributed by atoms with E-state index in [9.17, 15) is 9.59 Å². The molecule has 4 aromatic rings. The zero-order valence-corrected chi connectivity index (χ0v) is 17.5. The highest BCUT2D eigenvalue weighted by Crippen LogP contribution is 2.37. The van der Waals surface area contributed by atoms with Crippen molar-refractivity contribution in [2.24, 2.45) is 5.73 Å². The Hall–Kier alpha value is -3.80. The van der Waals surface area contributed by atoms with Gasteiger partial charge in [-0.15, -0.1) is 0 Å². The maximum atomic E-state index is 12.2. The van der Waals surface area contributed by atoms with Crippen LogP contribution in [0.4, 0.5) is 0 Å². The van der Waals surface area contributed by atoms with Crippen molar-refractivity contribution in [1.82, 2.24) is 4.57 Å². The maximum absolute atomic E-state index is 12.2. The Labute approximate surface area is 179 Å². The minimum atomic E-state index is -1.06. The summed E-state index contributed by atoms with van der Waals surface area (Å²) in [6.07, 6.45) is 0.808. The van der Waals surface area contributed by atoms with Crippen LogP contribution in [0.5, 0.6) is 5.75 Å². The smallest absolute Gasteiger partial charge is 0.341 e. The van der Waals surface area contributed by atoms with Gasteiger partial charge in [-0.25, -0.2) is 4.79 Å². The van der Waals surface area contributed by atoms with E-state index in [1.54, 1.807) is 12.1 Å². The number of rotatable bonds is 7. The number of nitrogens with two attached hydrogens (primary N) is 1. The van der Waals surface area contributed by atoms with E-state index in [4.69, 9.17) is 15.6 Å². The lowest BCUT2D eigenvalue weighted by Gasteiger charge is -2.10. The largest absolute Gasteiger partial charge is 0.481 e. The molecule has 0 bridgehead atoms. The highest BCUT2D eigenvalue weighted by Gasteiger charge is 2.19. The molecule has 0 aliphatic rings. The molecule has 0 atom stereocenters. The lowest BCUT2D eigenvalue weighted by Crippen LogP contribution is -2.11. The Morgan fingerprint density at radius 2 is 1.61 bits per heavy atom. The van der Waals surface area contributed by atoms with E-state index in [0.717, 1.165) is 17.5 Å². The van der Waals surface area contributed by atoms with Gasteiger partial charge in [-0.05, 0) is 50.1 Å². The number of carbonyl (C=O) groups is 2. The molecule has 1 amide bonds. The normalized spacial score (nSPS) is 11.2. The Morgan fingerprint density at radius 3 is 2.26 bits per heavy atom. The maximum Gasteiger partial charge on any atom is 0.341 e. The van der Waals surface area contributed by atoms with Gasteiger partial charge in [0.05, 0.1) is 16.4 Å². The molecule has 0 radical (unpaired) electrons. The van der Waals surface area contributed by atoms with Gasteiger partial charge in [0, 0.05) is 17.5 Å². The molecule has 1 aromatic heterocycles. The lowest BCUT2D eigenvalue weighted by atomic mass is 10.0. The molecule has 0 saturated heterocycles. The Balaban J connectivity index is 1.89. The SMILES string of the molecule is Cc1cc(C)cc(CCn2c3cccc(OCC(=O)O)c3c3c(C(N)=O)cccc32)c1. The number of aryl methyl sites for hydroxylation is 4. The van der Waals surface area contributed by atoms with Crippen molar-refractivity contribution in [2.75, 3.05) is 6.61 Å². The highest BCUT2D eigenvalue weighted by molar-refractivity contribution is 6.19. The van der Waals surface area contributed by atoms with E-state index in [0.29, 0.717) is 28.6 Å². The van der Waals surface area contributed by atoms with Crippen LogP contribution in [0.1, 0.15) is 27.0 Å². The first-order chi connectivity index (χ1) is 14.8. The first-order valence-electron chi connectivity index (χ1n) is 10.1. The van der Waals surface area contributed by atoms with Crippen LogP contribution < -0.4 is 10.5 Å². The molecular formula is C25H24N2O4. The van der Waals surface area contributed by atoms with Crippen molar-refractivity contribution < 1.29 is 19.4 Å². The van der Waals surface area contributed by atoms with Gasteiger partial charge in [-0.1, -0.05) is 41.5 Å². The fourth-order valence-corrected chi connectivity index (χ4v) is 4.31. The number of amides is 1. The van der Waals surface area contributed by atoms with Gasteiger partial charge in [0.15, 0.2) is 6.61 Å². The molecule has 0 aliphatic carbocycles. The minimum absolute atomic E-state index is 0.388. The van der Waals surface area contributed by atoms with Gasteiger partial charge >= 0.3 is 5.97 Å². The first-order valence-corrected chi connectivity index (χ1v) is 10.1. The number of hydrogen-bond donors (Lipinski definition) is 2. The number of ether oxygens (including phenoxy) is 1. The summed E-state index contributed by atoms with van der Waals surface area (Å²) in [5.74, 6) is -1.18. The average molecular weight is 416 g/mol. The molecule has 6 heteroatoms. The van der Waals surface area contributed by atoms with Crippen LogP contribution in [0.25, 0.3) is 21.8 Å². The van der Waals surface area contributed by atoms with Gasteiger partial charge in [0.25, 0.3) is 0 Å². The number of carbonyl (C=O) groups excluding carboxylic acids is 1. The second-order valence-corrected chi connectivity index (χ2v) is 7.79. The van der Waals surface area contributed by atoms with Crippen LogP contribution >= 0.6 is 0 Å². The first kappa shape index (κ1) is 20.5. The van der Waals surface area contributed by atoms with Crippen molar-refractivity contribution in [1.29, 1.82) is 0 Å². The fourth-order valence-electron chi connectivity index (χ4n) is 4.31. The van der Waals surface area contributed by atoms with E-state index < -0.39 is 18.5 Å². The second-order valence-electron chi connectivity index (χ2n) is 7.79. The van der Waals surface area contributed by atoms with Crippen molar-refractivity contribution in [3.8, 4) is 5.75 Å². The standard InChI is InChI=1S/C25H24N2O4/c1-15-11-16(2)13-17(12-15)9-10-27-19-6-3-5-18(25(26)30)23(19)24-20(27)7-4-8-21(24)31-14-22(28)29/h3-8,11-13H,9-10,14H2,1-2H3,(H2,26,30)(H,28,29). The molecule has 0 aliphatic heterocycles. The number of hydrogen-bond acceptors (Lipinski definition) is 3. The number of aliphatic carboxylic acids is 1. The zero-order chi connectivity index (χ0) is 22.1. The summed E-state index contributed by atoms with van der Waals surface area (Å²) >= 11 is 0. The summed E-state index contributed by atoms with van der Waals surface area (Å²) in [4.78, 5) is 23.2. The number of aromatic nitrogens is 1. The Kier molecular flexibility index (Phi) is 5.38. The number of fused-ring (bicyclic) bond motifs is 3. The van der Waals surface area contributed by atoms with E-state index in [-0.39, 0.29) is 0 Å².